The van der Waals surface area contributed by atoms with Crippen molar-refractivity contribution in [3.8, 4) is 17.6 Å². The Kier molecular flexibility index (Phi) is 5.27. The van der Waals surface area contributed by atoms with E-state index in [9.17, 15) is 15.2 Å². The lowest BCUT2D eigenvalue weighted by Crippen LogP contribution is -2.29. The van der Waals surface area contributed by atoms with E-state index in [1.807, 2.05) is 30.3 Å². The third kappa shape index (κ3) is 3.33. The fraction of sp³-hybridized carbons (Fsp3) is 0.217. The number of Topliss-reactive ketones (excluding diaryl/α,β-unsaturated/α-hetero) is 1. The van der Waals surface area contributed by atoms with Gasteiger partial charge in [0.15, 0.2) is 17.3 Å². The summed E-state index contributed by atoms with van der Waals surface area (Å²) in [6.45, 7) is 0. The third-order valence-corrected chi connectivity index (χ3v) is 6.14. The number of ketones is 1. The summed E-state index contributed by atoms with van der Waals surface area (Å²) in [4.78, 5) is 13.3. The number of carbonyl (C=O) groups excluding carboxylic acids is 1. The van der Waals surface area contributed by atoms with Crippen LogP contribution in [-0.4, -0.2) is 18.0 Å². The minimum atomic E-state index is -0.686. The van der Waals surface area contributed by atoms with Crippen LogP contribution in [0.15, 0.2) is 69.7 Å². The fourth-order valence-electron chi connectivity index (χ4n) is 4.12. The Bertz CT molecular complexity index is 1130. The molecule has 0 saturated carbocycles. The van der Waals surface area contributed by atoms with Crippen LogP contribution in [0.3, 0.4) is 0 Å². The molecule has 0 fully saturated rings. The SMILES string of the molecule is COc1cc(C2C(C#N)=C(N)OC3=C2C(=O)CC(c2ccccc2)C3)cc(Br)c1O. The number of carbonyl (C=O) groups is 1. The van der Waals surface area contributed by atoms with Crippen LogP contribution < -0.4 is 10.5 Å². The van der Waals surface area contributed by atoms with Crippen molar-refractivity contribution in [3.63, 3.8) is 0 Å². The number of halogens is 1. The lowest BCUT2D eigenvalue weighted by atomic mass is 9.73. The standard InChI is InChI=1S/C23H19BrN2O4/c1-29-19-10-14(7-16(24)22(19)28)20-15(11-25)23(26)30-18-9-13(8-17(27)21(18)20)12-5-3-2-4-6-12/h2-7,10,13,20,28H,8-9,26H2,1H3. The number of nitrogens with two attached hydrogens (primary N) is 1. The topological polar surface area (TPSA) is 106 Å². The summed E-state index contributed by atoms with van der Waals surface area (Å²) < 4.78 is 11.4. The smallest absolute Gasteiger partial charge is 0.205 e. The molecule has 2 aromatic carbocycles. The Morgan fingerprint density at radius 3 is 2.63 bits per heavy atom. The predicted octanol–water partition coefficient (Wildman–Crippen LogP) is 4.37. The zero-order valence-corrected chi connectivity index (χ0v) is 17.8. The van der Waals surface area contributed by atoms with Crippen molar-refractivity contribution in [1.82, 2.24) is 0 Å². The summed E-state index contributed by atoms with van der Waals surface area (Å²) in [5, 5.41) is 19.9. The van der Waals surface area contributed by atoms with Crippen molar-refractivity contribution >= 4 is 21.7 Å². The van der Waals surface area contributed by atoms with E-state index in [4.69, 9.17) is 15.2 Å². The van der Waals surface area contributed by atoms with Crippen LogP contribution in [0.25, 0.3) is 0 Å². The molecule has 30 heavy (non-hydrogen) atoms. The molecular formula is C23H19BrN2O4. The Morgan fingerprint density at radius 2 is 1.97 bits per heavy atom. The minimum absolute atomic E-state index is 0.00840. The largest absolute Gasteiger partial charge is 0.503 e. The van der Waals surface area contributed by atoms with Crippen molar-refractivity contribution in [2.24, 2.45) is 5.73 Å². The van der Waals surface area contributed by atoms with Crippen LogP contribution >= 0.6 is 15.9 Å². The van der Waals surface area contributed by atoms with E-state index in [0.29, 0.717) is 34.2 Å². The average Bonchev–Trinajstić information content (AvgIpc) is 2.75. The van der Waals surface area contributed by atoms with Crippen LogP contribution in [0, 0.1) is 11.3 Å². The van der Waals surface area contributed by atoms with Gasteiger partial charge in [0.25, 0.3) is 0 Å². The van der Waals surface area contributed by atoms with E-state index in [1.54, 1.807) is 12.1 Å². The number of phenolic OH excluding ortho intramolecular Hbond substituents is 1. The fourth-order valence-corrected chi connectivity index (χ4v) is 4.58. The van der Waals surface area contributed by atoms with Crippen molar-refractivity contribution in [2.75, 3.05) is 7.11 Å². The van der Waals surface area contributed by atoms with Crippen molar-refractivity contribution in [3.05, 3.63) is 80.9 Å². The van der Waals surface area contributed by atoms with E-state index in [0.717, 1.165) is 5.56 Å². The number of nitrogens with zero attached hydrogens (tertiary/aromatic N) is 1. The number of phenols is 1. The highest BCUT2D eigenvalue weighted by Crippen LogP contribution is 2.48. The number of aromatic hydroxyl groups is 1. The molecule has 1 aliphatic heterocycles. The Hall–Kier alpha value is -3.24. The molecule has 2 aliphatic rings. The van der Waals surface area contributed by atoms with Gasteiger partial charge in [-0.15, -0.1) is 0 Å². The molecule has 0 amide bonds. The quantitative estimate of drug-likeness (QED) is 0.695. The zero-order valence-electron chi connectivity index (χ0n) is 16.2. The third-order valence-electron chi connectivity index (χ3n) is 5.54. The van der Waals surface area contributed by atoms with E-state index < -0.39 is 5.92 Å². The molecule has 0 spiro atoms. The first-order valence-corrected chi connectivity index (χ1v) is 10.2. The Labute approximate surface area is 182 Å². The predicted molar refractivity (Wildman–Crippen MR) is 113 cm³/mol. The van der Waals surface area contributed by atoms with Gasteiger partial charge in [-0.25, -0.2) is 0 Å². The number of hydrogen-bond donors (Lipinski definition) is 2. The summed E-state index contributed by atoms with van der Waals surface area (Å²) in [7, 11) is 1.44. The summed E-state index contributed by atoms with van der Waals surface area (Å²) in [6, 6.07) is 15.2. The van der Waals surface area contributed by atoms with Crippen LogP contribution in [0.2, 0.25) is 0 Å². The maximum absolute atomic E-state index is 13.3. The van der Waals surface area contributed by atoms with Gasteiger partial charge in [-0.1, -0.05) is 30.3 Å². The number of ether oxygens (including phenoxy) is 2. The highest BCUT2D eigenvalue weighted by Gasteiger charge is 2.41. The highest BCUT2D eigenvalue weighted by atomic mass is 79.9. The molecule has 0 saturated heterocycles. The summed E-state index contributed by atoms with van der Waals surface area (Å²) in [5.74, 6) is -0.134. The molecule has 4 rings (SSSR count). The summed E-state index contributed by atoms with van der Waals surface area (Å²) in [5.41, 5.74) is 8.36. The average molecular weight is 467 g/mol. The number of nitriles is 1. The van der Waals surface area contributed by atoms with E-state index in [-0.39, 0.29) is 34.7 Å². The van der Waals surface area contributed by atoms with Gasteiger partial charge in [-0.05, 0) is 45.1 Å². The molecule has 0 radical (unpaired) electrons. The van der Waals surface area contributed by atoms with Crippen molar-refractivity contribution in [1.29, 1.82) is 5.26 Å². The lowest BCUT2D eigenvalue weighted by molar-refractivity contribution is -0.117. The van der Waals surface area contributed by atoms with Gasteiger partial charge in [0, 0.05) is 18.4 Å². The molecule has 0 aromatic heterocycles. The minimum Gasteiger partial charge on any atom is -0.503 e. The van der Waals surface area contributed by atoms with Crippen LogP contribution in [-0.2, 0) is 9.53 Å². The van der Waals surface area contributed by atoms with Crippen molar-refractivity contribution in [2.45, 2.75) is 24.7 Å². The normalized spacial score (nSPS) is 21.0. The van der Waals surface area contributed by atoms with Gasteiger partial charge >= 0.3 is 0 Å². The highest BCUT2D eigenvalue weighted by molar-refractivity contribution is 9.10. The molecule has 2 unspecified atom stereocenters. The molecule has 2 aromatic rings. The van der Waals surface area contributed by atoms with Crippen LogP contribution in [0.4, 0.5) is 0 Å². The summed E-state index contributed by atoms with van der Waals surface area (Å²) >= 11 is 3.31. The first kappa shape index (κ1) is 20.0. The Balaban J connectivity index is 1.84. The second-order valence-electron chi connectivity index (χ2n) is 7.25. The van der Waals surface area contributed by atoms with E-state index in [2.05, 4.69) is 22.0 Å². The second-order valence-corrected chi connectivity index (χ2v) is 8.11. The molecule has 1 heterocycles. The van der Waals surface area contributed by atoms with Gasteiger partial charge in [-0.3, -0.25) is 4.79 Å². The Morgan fingerprint density at radius 1 is 1.23 bits per heavy atom. The lowest BCUT2D eigenvalue weighted by Gasteiger charge is -2.34. The molecule has 0 bridgehead atoms. The number of rotatable bonds is 3. The number of benzene rings is 2. The number of hydrogen-bond acceptors (Lipinski definition) is 6. The molecule has 3 N–H and O–H groups in total. The first-order valence-electron chi connectivity index (χ1n) is 9.39. The van der Waals surface area contributed by atoms with Gasteiger partial charge < -0.3 is 20.3 Å². The second kappa shape index (κ2) is 7.88. The van der Waals surface area contributed by atoms with Gasteiger partial charge in [0.2, 0.25) is 5.88 Å². The van der Waals surface area contributed by atoms with Gasteiger partial charge in [0.1, 0.15) is 17.4 Å². The van der Waals surface area contributed by atoms with Gasteiger partial charge in [0.05, 0.1) is 17.5 Å². The molecule has 7 heteroatoms. The summed E-state index contributed by atoms with van der Waals surface area (Å²) in [6.07, 6.45) is 0.828. The van der Waals surface area contributed by atoms with E-state index >= 15 is 0 Å². The number of methoxy groups -OCH3 is 1. The van der Waals surface area contributed by atoms with Crippen molar-refractivity contribution < 1.29 is 19.4 Å². The first-order chi connectivity index (χ1) is 14.4. The monoisotopic (exact) mass is 466 g/mol. The maximum Gasteiger partial charge on any atom is 0.205 e. The maximum atomic E-state index is 13.3. The molecular weight excluding hydrogens is 448 g/mol. The molecule has 1 aliphatic carbocycles. The molecule has 2 atom stereocenters. The number of allylic oxidation sites excluding steroid dienone is 3. The van der Waals surface area contributed by atoms with Crippen LogP contribution in [0.1, 0.15) is 35.8 Å². The zero-order chi connectivity index (χ0) is 21.4. The molecule has 152 valence electrons. The van der Waals surface area contributed by atoms with Crippen LogP contribution in [0.5, 0.6) is 11.5 Å². The van der Waals surface area contributed by atoms with E-state index in [1.165, 1.54) is 7.11 Å². The molecule has 6 nitrogen and oxygen atoms in total. The van der Waals surface area contributed by atoms with Gasteiger partial charge in [-0.2, -0.15) is 5.26 Å².